The molecule has 9 atom stereocenters. The van der Waals surface area contributed by atoms with Crippen LogP contribution in [0, 0.1) is 17.8 Å². The Labute approximate surface area is 436 Å². The Hall–Kier alpha value is 1.00. The Morgan fingerprint density at radius 3 is 0.721 bits per heavy atom. The van der Waals surface area contributed by atoms with E-state index in [4.69, 9.17) is 27.1 Å². The van der Waals surface area contributed by atoms with E-state index >= 15 is 0 Å². The van der Waals surface area contributed by atoms with Gasteiger partial charge in [0.2, 0.25) is 0 Å². The maximum absolute atomic E-state index is 11.9. The first-order chi connectivity index (χ1) is 31.7. The fraction of sp³-hybridized carbons (Fsp3) is 1.00. The van der Waals surface area contributed by atoms with Crippen molar-refractivity contribution in [1.82, 2.24) is 0 Å². The molecule has 0 aromatic carbocycles. The maximum Gasteiger partial charge on any atom is 4.00 e. The van der Waals surface area contributed by atoms with Crippen molar-refractivity contribution in [3.8, 4) is 0 Å². The zero-order valence-electron chi connectivity index (χ0n) is 46.4. The number of hydrogen-bond donors (Lipinski definition) is 0. The molecule has 0 spiro atoms. The molecular formula is C51H109O13P3Ti. The van der Waals surface area contributed by atoms with Crippen molar-refractivity contribution < 1.29 is 82.3 Å². The number of phosphoric ester groups is 3. The van der Waals surface area contributed by atoms with Crippen LogP contribution in [0.5, 0.6) is 0 Å². The summed E-state index contributed by atoms with van der Waals surface area (Å²) in [6.07, 6.45) is 25.6. The van der Waals surface area contributed by atoms with E-state index in [2.05, 4.69) is 62.3 Å². The molecule has 0 aliphatic carbocycles. The minimum Gasteiger partial charge on any atom is -0.852 e. The van der Waals surface area contributed by atoms with Gasteiger partial charge in [0.15, 0.2) is 0 Å². The average molecular weight is 1070 g/mol. The van der Waals surface area contributed by atoms with E-state index in [1.165, 1.54) is 0 Å². The molecule has 0 amide bonds. The van der Waals surface area contributed by atoms with Gasteiger partial charge in [0.05, 0.1) is 38.1 Å². The summed E-state index contributed by atoms with van der Waals surface area (Å²) < 4.78 is 66.7. The summed E-state index contributed by atoms with van der Waals surface area (Å²) in [5, 5.41) is 9.53. The van der Waals surface area contributed by atoms with Crippen molar-refractivity contribution in [2.75, 3.05) is 19.8 Å². The van der Waals surface area contributed by atoms with Gasteiger partial charge in [-0.05, 0) is 75.5 Å². The van der Waals surface area contributed by atoms with E-state index in [0.29, 0.717) is 37.0 Å². The van der Waals surface area contributed by atoms with Crippen molar-refractivity contribution in [2.24, 2.45) is 17.8 Å². The molecule has 0 bridgehead atoms. The fourth-order valence-corrected chi connectivity index (χ4v) is 10.0. The molecule has 0 radical (unpaired) electrons. The third-order valence-electron chi connectivity index (χ3n) is 11.6. The summed E-state index contributed by atoms with van der Waals surface area (Å²) >= 11 is 0. The third kappa shape index (κ3) is 54.8. The van der Waals surface area contributed by atoms with Gasteiger partial charge in [-0.15, -0.1) is 6.10 Å². The Balaban J connectivity index is -0.000000278. The monoisotopic (exact) mass is 1070 g/mol. The van der Waals surface area contributed by atoms with Gasteiger partial charge >= 0.3 is 21.7 Å². The average Bonchev–Trinajstić information content (AvgIpc) is 3.28. The van der Waals surface area contributed by atoms with Crippen LogP contribution < -0.4 is 19.8 Å². The predicted molar refractivity (Wildman–Crippen MR) is 274 cm³/mol. The predicted octanol–water partition coefficient (Wildman–Crippen LogP) is 14.9. The van der Waals surface area contributed by atoms with Gasteiger partial charge in [0.1, 0.15) is 0 Å². The zero-order chi connectivity index (χ0) is 52.0. The normalized spacial score (nSPS) is 16.6. The first-order valence-electron chi connectivity index (χ1n) is 27.3. The van der Waals surface area contributed by atoms with Crippen LogP contribution in [0.15, 0.2) is 0 Å². The summed E-state index contributed by atoms with van der Waals surface area (Å²) in [5.41, 5.74) is 0. The number of rotatable bonds is 42. The Morgan fingerprint density at radius 2 is 0.559 bits per heavy atom. The van der Waals surface area contributed by atoms with Crippen LogP contribution in [-0.2, 0) is 62.6 Å². The van der Waals surface area contributed by atoms with Crippen LogP contribution in [0.1, 0.15) is 270 Å². The molecule has 0 aliphatic heterocycles. The smallest absolute Gasteiger partial charge is 0.852 e. The van der Waals surface area contributed by atoms with Gasteiger partial charge < -0.3 is 46.9 Å². The van der Waals surface area contributed by atoms with Gasteiger partial charge in [-0.25, -0.2) is 0 Å². The maximum atomic E-state index is 11.9. The second-order valence-electron chi connectivity index (χ2n) is 18.4. The summed E-state index contributed by atoms with van der Waals surface area (Å²) in [6.45, 7) is 28.8. The van der Waals surface area contributed by atoms with E-state index in [1.54, 1.807) is 13.8 Å². The fourth-order valence-electron chi connectivity index (χ4n) is 6.78. The van der Waals surface area contributed by atoms with Crippen LogP contribution in [0.2, 0.25) is 0 Å². The zero-order valence-corrected chi connectivity index (χ0v) is 50.6. The third-order valence-corrected chi connectivity index (χ3v) is 14.7. The van der Waals surface area contributed by atoms with Crippen molar-refractivity contribution in [1.29, 1.82) is 0 Å². The quantitative estimate of drug-likeness (QED) is 0.0318. The van der Waals surface area contributed by atoms with Crippen LogP contribution in [0.4, 0.5) is 0 Å². The largest absolute Gasteiger partial charge is 4.00 e. The minimum atomic E-state index is -4.16. The molecule has 0 saturated carbocycles. The Kier molecular flexibility index (Phi) is 60.5. The molecule has 9 unspecified atom stereocenters. The first kappa shape index (κ1) is 77.9. The number of unbranched alkanes of at least 4 members (excludes halogenated alkanes) is 9. The molecule has 0 heterocycles. The van der Waals surface area contributed by atoms with Gasteiger partial charge in [-0.3, -0.25) is 13.7 Å². The topological polar surface area (TPSA) is 199 Å². The minimum absolute atomic E-state index is 0. The van der Waals surface area contributed by atoms with E-state index in [-0.39, 0.29) is 59.9 Å². The van der Waals surface area contributed by atoms with Crippen LogP contribution in [0.25, 0.3) is 0 Å². The second-order valence-corrected chi connectivity index (χ2v) is 22.5. The second kappa shape index (κ2) is 52.9. The van der Waals surface area contributed by atoms with Gasteiger partial charge in [-0.1, -0.05) is 213 Å². The molecule has 0 aromatic rings. The molecule has 0 aromatic heterocycles. The van der Waals surface area contributed by atoms with Crippen molar-refractivity contribution in [3.63, 3.8) is 0 Å². The SMILES string of the molecule is CC(C)[O-].CCCCCC(CC)OP(=O)([O-])OCC(CC)CCCC.CCCCCC(CC)OP(=O)([O-])OCC(CC)CCCC.CCCCCC(CC)OP(=O)([O-])OCC(CC)CCCC.[Ti+4]. The number of hydrogen-bond acceptors (Lipinski definition) is 13. The summed E-state index contributed by atoms with van der Waals surface area (Å²) in [7, 11) is -12.5. The van der Waals surface area contributed by atoms with Crippen molar-refractivity contribution >= 4 is 23.5 Å². The van der Waals surface area contributed by atoms with Crippen LogP contribution in [-0.4, -0.2) is 44.2 Å². The molecule has 0 rings (SSSR count). The Morgan fingerprint density at radius 1 is 0.353 bits per heavy atom. The molecule has 0 saturated heterocycles. The van der Waals surface area contributed by atoms with E-state index < -0.39 is 29.6 Å². The molecule has 68 heavy (non-hydrogen) atoms. The standard InChI is InChI=1S/3C16H35O4P.C3H7O.Ti/c3*1-5-9-11-13-16(8-4)20-21(17,18)19-14-15(7-3)12-10-6-2;1-3(2)4;/h3*15-16H,5-14H2,1-4H3,(H,17,18);3H,1-2H3;/q;;;-1;+4/p-3. The van der Waals surface area contributed by atoms with Gasteiger partial charge in [-0.2, -0.15) is 0 Å². The molecule has 0 aliphatic rings. The first-order valence-corrected chi connectivity index (χ1v) is 31.6. The van der Waals surface area contributed by atoms with E-state index in [1.807, 2.05) is 20.8 Å². The van der Waals surface area contributed by atoms with Crippen LogP contribution >= 0.6 is 23.5 Å². The summed E-state index contributed by atoms with van der Waals surface area (Å²) in [4.78, 5) is 35.7. The Bertz CT molecular complexity index is 1040. The van der Waals surface area contributed by atoms with Crippen molar-refractivity contribution in [3.05, 3.63) is 0 Å². The van der Waals surface area contributed by atoms with Crippen LogP contribution in [0.3, 0.4) is 0 Å². The van der Waals surface area contributed by atoms with Crippen molar-refractivity contribution in [2.45, 2.75) is 295 Å². The summed E-state index contributed by atoms with van der Waals surface area (Å²) in [5.74, 6) is 0.906. The molecule has 0 fully saturated rings. The molecular weight excluding hydrogens is 961 g/mol. The number of phosphoric acid groups is 3. The van der Waals surface area contributed by atoms with Gasteiger partial charge in [0.25, 0.3) is 23.5 Å². The molecule has 17 heteroatoms. The van der Waals surface area contributed by atoms with Gasteiger partial charge in [0, 0.05) is 0 Å². The van der Waals surface area contributed by atoms with E-state index in [0.717, 1.165) is 154 Å². The summed E-state index contributed by atoms with van der Waals surface area (Å²) in [6, 6.07) is 0. The molecule has 13 nitrogen and oxygen atoms in total. The molecule has 410 valence electrons. The molecule has 0 N–H and O–H groups in total. The van der Waals surface area contributed by atoms with E-state index in [9.17, 15) is 33.5 Å².